The van der Waals surface area contributed by atoms with E-state index in [9.17, 15) is 15.2 Å². The van der Waals surface area contributed by atoms with Crippen molar-refractivity contribution in [3.8, 4) is 5.75 Å². The Labute approximate surface area is 140 Å². The Morgan fingerprint density at radius 2 is 1.83 bits per heavy atom. The molecule has 0 aliphatic carbocycles. The van der Waals surface area contributed by atoms with Crippen LogP contribution in [-0.2, 0) is 0 Å². The molecule has 0 radical (unpaired) electrons. The van der Waals surface area contributed by atoms with E-state index < -0.39 is 10.7 Å². The van der Waals surface area contributed by atoms with Crippen molar-refractivity contribution in [2.24, 2.45) is 4.99 Å². The van der Waals surface area contributed by atoms with Crippen LogP contribution < -0.4 is 0 Å². The van der Waals surface area contributed by atoms with E-state index in [1.165, 1.54) is 12.3 Å². The highest BCUT2D eigenvalue weighted by Crippen LogP contribution is 2.32. The lowest BCUT2D eigenvalue weighted by Gasteiger charge is -2.02. The molecule has 0 aliphatic heterocycles. The van der Waals surface area contributed by atoms with Crippen molar-refractivity contribution >= 4 is 44.3 Å². The Kier molecular flexibility index (Phi) is 4.08. The molecule has 6 heteroatoms. The maximum absolute atomic E-state index is 10.9. The molecule has 0 spiro atoms. The topological polar surface area (TPSA) is 75.7 Å². The maximum atomic E-state index is 10.9. The van der Waals surface area contributed by atoms with E-state index in [2.05, 4.69) is 20.9 Å². The Hall–Kier alpha value is -2.73. The first-order valence-electron chi connectivity index (χ1n) is 6.74. The number of phenolic OH excluding ortho intramolecular Hbond substituents is 1. The molecule has 3 rings (SSSR count). The Balaban J connectivity index is 2.00. The zero-order chi connectivity index (χ0) is 16.4. The van der Waals surface area contributed by atoms with Gasteiger partial charge in [-0.25, -0.2) is 0 Å². The first-order valence-corrected chi connectivity index (χ1v) is 7.53. The van der Waals surface area contributed by atoms with Crippen molar-refractivity contribution < 1.29 is 10.0 Å². The second kappa shape index (κ2) is 6.18. The fourth-order valence-corrected chi connectivity index (χ4v) is 2.71. The lowest BCUT2D eigenvalue weighted by molar-refractivity contribution is -0.385. The summed E-state index contributed by atoms with van der Waals surface area (Å²) in [6, 6.07) is 16.4. The number of nitrogens with zero attached hydrogens (tertiary/aromatic N) is 2. The second-order valence-corrected chi connectivity index (χ2v) is 5.83. The molecule has 0 aromatic heterocycles. The van der Waals surface area contributed by atoms with E-state index in [4.69, 9.17) is 0 Å². The van der Waals surface area contributed by atoms with Crippen molar-refractivity contribution in [2.45, 2.75) is 0 Å². The van der Waals surface area contributed by atoms with Crippen molar-refractivity contribution in [3.05, 3.63) is 74.7 Å². The number of halogens is 1. The first-order chi connectivity index (χ1) is 11.0. The number of benzene rings is 3. The minimum absolute atomic E-state index is 0.277. The summed E-state index contributed by atoms with van der Waals surface area (Å²) >= 11 is 3.20. The third kappa shape index (κ3) is 3.22. The second-order valence-electron chi connectivity index (χ2n) is 4.91. The predicted molar refractivity (Wildman–Crippen MR) is 93.7 cm³/mol. The lowest BCUT2D eigenvalue weighted by Crippen LogP contribution is -1.92. The highest BCUT2D eigenvalue weighted by molar-refractivity contribution is 9.10. The summed E-state index contributed by atoms with van der Waals surface area (Å²) in [5.74, 6) is -0.400. The van der Waals surface area contributed by atoms with E-state index in [1.54, 1.807) is 6.07 Å². The van der Waals surface area contributed by atoms with Gasteiger partial charge in [-0.3, -0.25) is 15.1 Å². The van der Waals surface area contributed by atoms with Crippen molar-refractivity contribution in [1.82, 2.24) is 0 Å². The molecule has 5 nitrogen and oxygen atoms in total. The molecule has 0 unspecified atom stereocenters. The van der Waals surface area contributed by atoms with Crippen LogP contribution in [-0.4, -0.2) is 16.2 Å². The molecule has 3 aromatic carbocycles. The molecule has 0 aliphatic rings. The van der Waals surface area contributed by atoms with Crippen molar-refractivity contribution in [2.75, 3.05) is 0 Å². The zero-order valence-corrected chi connectivity index (χ0v) is 13.4. The largest absolute Gasteiger partial charge is 0.502 e. The van der Waals surface area contributed by atoms with Gasteiger partial charge in [0, 0.05) is 22.3 Å². The van der Waals surface area contributed by atoms with E-state index in [0.717, 1.165) is 10.8 Å². The summed E-state index contributed by atoms with van der Waals surface area (Å²) in [6.07, 6.45) is 1.41. The normalized spacial score (nSPS) is 11.2. The molecule has 3 aromatic rings. The number of hydrogen-bond donors (Lipinski definition) is 1. The van der Waals surface area contributed by atoms with Crippen LogP contribution in [0.2, 0.25) is 0 Å². The summed E-state index contributed by atoms with van der Waals surface area (Å²) in [6.45, 7) is 0. The Morgan fingerprint density at radius 1 is 1.09 bits per heavy atom. The highest BCUT2D eigenvalue weighted by atomic mass is 79.9. The van der Waals surface area contributed by atoms with Gasteiger partial charge in [-0.1, -0.05) is 46.3 Å². The lowest BCUT2D eigenvalue weighted by atomic mass is 10.1. The number of aromatic hydroxyl groups is 1. The number of aliphatic imine (C=N–C) groups is 1. The van der Waals surface area contributed by atoms with Gasteiger partial charge in [0.25, 0.3) is 0 Å². The molecule has 0 heterocycles. The first kappa shape index (κ1) is 15.2. The van der Waals surface area contributed by atoms with Crippen LogP contribution in [0.3, 0.4) is 0 Å². The predicted octanol–water partition coefficient (Wildman–Crippen LogP) is 4.97. The third-order valence-electron chi connectivity index (χ3n) is 3.37. The summed E-state index contributed by atoms with van der Waals surface area (Å²) < 4.78 is 0.502. The molecule has 114 valence electrons. The van der Waals surface area contributed by atoms with Crippen LogP contribution in [0, 0.1) is 10.1 Å². The van der Waals surface area contributed by atoms with Crippen LogP contribution in [0.5, 0.6) is 5.75 Å². The molecule has 0 fully saturated rings. The van der Waals surface area contributed by atoms with Gasteiger partial charge >= 0.3 is 5.69 Å². The molecule has 0 saturated carbocycles. The molecule has 0 amide bonds. The fraction of sp³-hybridized carbons (Fsp3) is 0. The van der Waals surface area contributed by atoms with Crippen molar-refractivity contribution in [1.29, 1.82) is 0 Å². The van der Waals surface area contributed by atoms with Gasteiger partial charge in [-0.2, -0.15) is 0 Å². The molecule has 0 bridgehead atoms. The van der Waals surface area contributed by atoms with E-state index in [0.29, 0.717) is 10.2 Å². The number of phenols is 1. The summed E-state index contributed by atoms with van der Waals surface area (Å²) in [4.78, 5) is 14.6. The molecule has 0 atom stereocenters. The smallest absolute Gasteiger partial charge is 0.312 e. The molecule has 1 N–H and O–H groups in total. The van der Waals surface area contributed by atoms with Gasteiger partial charge in [-0.05, 0) is 29.0 Å². The van der Waals surface area contributed by atoms with E-state index in [1.807, 2.05) is 42.5 Å². The van der Waals surface area contributed by atoms with Gasteiger partial charge in [-0.15, -0.1) is 0 Å². The van der Waals surface area contributed by atoms with Gasteiger partial charge < -0.3 is 5.11 Å². The molecular weight excluding hydrogens is 360 g/mol. The number of nitro groups is 1. The molecule has 0 saturated heterocycles. The van der Waals surface area contributed by atoms with Crippen molar-refractivity contribution in [3.63, 3.8) is 0 Å². The van der Waals surface area contributed by atoms with Crippen LogP contribution in [0.15, 0.2) is 64.1 Å². The fourth-order valence-electron chi connectivity index (χ4n) is 2.24. The quantitative estimate of drug-likeness (QED) is 0.401. The molecular formula is C17H11BrN2O3. The highest BCUT2D eigenvalue weighted by Gasteiger charge is 2.17. The Morgan fingerprint density at radius 3 is 2.57 bits per heavy atom. The third-order valence-corrected chi connectivity index (χ3v) is 3.82. The van der Waals surface area contributed by atoms with Gasteiger partial charge in [0.1, 0.15) is 0 Å². The Bertz CT molecular complexity index is 938. The van der Waals surface area contributed by atoms with E-state index >= 15 is 0 Å². The average molecular weight is 371 g/mol. The number of fused-ring (bicyclic) bond motifs is 1. The van der Waals surface area contributed by atoms with Crippen LogP contribution in [0.25, 0.3) is 10.8 Å². The standard InChI is InChI=1S/C17H11BrN2O3/c18-14-7-13(17(21)16(9-14)20(22)23)10-19-15-6-5-11-3-1-2-4-12(11)8-15/h1-10,21H. The SMILES string of the molecule is O=[N+]([O-])c1cc(Br)cc(C=Nc2ccc3ccccc3c2)c1O. The maximum Gasteiger partial charge on any atom is 0.312 e. The van der Waals surface area contributed by atoms with E-state index in [-0.39, 0.29) is 11.3 Å². The number of nitro benzene ring substituents is 1. The van der Waals surface area contributed by atoms with Gasteiger partial charge in [0.05, 0.1) is 10.6 Å². The minimum atomic E-state index is -0.631. The minimum Gasteiger partial charge on any atom is -0.502 e. The summed E-state index contributed by atoms with van der Waals surface area (Å²) in [5, 5.41) is 23.1. The zero-order valence-electron chi connectivity index (χ0n) is 11.8. The monoisotopic (exact) mass is 370 g/mol. The van der Waals surface area contributed by atoms with Crippen LogP contribution in [0.1, 0.15) is 5.56 Å². The van der Waals surface area contributed by atoms with Gasteiger partial charge in [0.15, 0.2) is 0 Å². The van der Waals surface area contributed by atoms with Gasteiger partial charge in [0.2, 0.25) is 5.75 Å². The molecule has 23 heavy (non-hydrogen) atoms. The van der Waals surface area contributed by atoms with Crippen LogP contribution in [0.4, 0.5) is 11.4 Å². The number of rotatable bonds is 3. The summed E-state index contributed by atoms with van der Waals surface area (Å²) in [7, 11) is 0. The summed E-state index contributed by atoms with van der Waals surface area (Å²) in [5.41, 5.74) is 0.615. The number of hydrogen-bond acceptors (Lipinski definition) is 4. The van der Waals surface area contributed by atoms with Crippen LogP contribution >= 0.6 is 15.9 Å². The average Bonchev–Trinajstić information content (AvgIpc) is 2.55.